The molecule has 588 valence electrons. The molecule has 9 amide bonds. The van der Waals surface area contributed by atoms with E-state index in [1.807, 2.05) is 0 Å². The molecule has 0 unspecified atom stereocenters. The van der Waals surface area contributed by atoms with E-state index in [0.717, 1.165) is 29.8 Å². The standard InChI is InChI=1S/C74H90F2N10O23/c1-3-74(98)54-36-59-68-52(42-85(59)72(96)53(54)43-109-73(74)97)51(67-49-12-7-11-48(49)55(75)37-57(67)84-68)38-78-64(91)44-107-45-82-62(89)40-81-71(95)58(33-46-9-5-4-6-10-46)83-63(90)41-80-61(88)39-79-60(87)13-8-17-108-69-50(34-47(35-56(69)76)86-65(92)14-15-66(86)93)70(94)77-16-18-100-21-22-102-25-26-104-29-30-106-32-31-105-28-27-103-24-23-101-20-19-99-2/h4-6,9-10,14-15,34-37,58,98H,3,7-8,11-13,16-33,38-45H2,1-2H3,(H,77,94)(H,78,91)(H,79,87)(H,80,88)(H,81,95)(H,82,89)(H,83,90)/t58-,74-/m0/s1. The lowest BCUT2D eigenvalue weighted by atomic mass is 9.86. The van der Waals surface area contributed by atoms with Crippen molar-refractivity contribution in [1.29, 1.82) is 0 Å². The third-order valence-electron chi connectivity index (χ3n) is 17.8. The number of cyclic esters (lactones) is 1. The van der Waals surface area contributed by atoms with Gasteiger partial charge in [0, 0.05) is 73.8 Å². The molecule has 5 heterocycles. The molecule has 0 saturated carbocycles. The van der Waals surface area contributed by atoms with Gasteiger partial charge < -0.3 is 99.0 Å². The van der Waals surface area contributed by atoms with E-state index in [2.05, 4.69) is 37.2 Å². The smallest absolute Gasteiger partial charge is 0.343 e. The number of benzene rings is 3. The fraction of sp³-hybridized carbons (Fsp3) is 0.486. The lowest BCUT2D eigenvalue weighted by Crippen LogP contribution is -2.52. The number of pyridine rings is 2. The Morgan fingerprint density at radius 3 is 1.89 bits per heavy atom. The minimum absolute atomic E-state index is 0.0249. The van der Waals surface area contributed by atoms with Gasteiger partial charge in [-0.2, -0.15) is 0 Å². The molecule has 0 saturated heterocycles. The van der Waals surface area contributed by atoms with Crippen LogP contribution < -0.4 is 52.4 Å². The number of ether oxygens (including phenoxy) is 11. The molecule has 2 atom stereocenters. The molecule has 35 heteroatoms. The van der Waals surface area contributed by atoms with Gasteiger partial charge >= 0.3 is 5.97 Å². The maximum atomic E-state index is 15.8. The second kappa shape index (κ2) is 42.0. The first-order valence-corrected chi connectivity index (χ1v) is 35.7. The van der Waals surface area contributed by atoms with E-state index in [1.165, 1.54) is 10.6 Å². The van der Waals surface area contributed by atoms with Crippen molar-refractivity contribution in [1.82, 2.24) is 46.8 Å². The number of halogens is 2. The molecular formula is C74H90F2N10O23. The SMILES string of the molecule is CC[C@@]1(O)C(=O)OCc2c1cc1n(c2=O)Cc2c-1nc1cc(F)c3c(c1c2CNC(=O)COCNC(=O)CNC(=O)[C@H](Cc1ccccc1)NC(=O)CNC(=O)CNC(=O)CCCOc1c(F)cc(N2C(=O)C=CC2=O)cc1C(=O)NCCOCCOCCOCCOCCOCCOCCOCCOC)CCC3. The summed E-state index contributed by atoms with van der Waals surface area (Å²) >= 11 is 0. The monoisotopic (exact) mass is 1520 g/mol. The lowest BCUT2D eigenvalue weighted by Gasteiger charge is -2.31. The van der Waals surface area contributed by atoms with Gasteiger partial charge in [0.2, 0.25) is 35.4 Å². The number of esters is 1. The van der Waals surface area contributed by atoms with Crippen LogP contribution in [0, 0.1) is 11.6 Å². The molecule has 5 aromatic rings. The van der Waals surface area contributed by atoms with Crippen molar-refractivity contribution in [3.63, 3.8) is 0 Å². The van der Waals surface area contributed by atoms with Crippen LogP contribution >= 0.6 is 0 Å². The van der Waals surface area contributed by atoms with Gasteiger partial charge in [-0.25, -0.2) is 23.5 Å². The topological polar surface area (TPSA) is 415 Å². The van der Waals surface area contributed by atoms with Gasteiger partial charge in [-0.1, -0.05) is 37.3 Å². The average molecular weight is 1530 g/mol. The van der Waals surface area contributed by atoms with E-state index in [1.54, 1.807) is 50.4 Å². The van der Waals surface area contributed by atoms with Crippen LogP contribution in [0.25, 0.3) is 22.3 Å². The highest BCUT2D eigenvalue weighted by molar-refractivity contribution is 6.28. The zero-order chi connectivity index (χ0) is 77.7. The summed E-state index contributed by atoms with van der Waals surface area (Å²) in [5.74, 6) is -9.60. The Morgan fingerprint density at radius 2 is 1.24 bits per heavy atom. The molecule has 0 spiro atoms. The number of amides is 9. The van der Waals surface area contributed by atoms with Gasteiger partial charge in [0.15, 0.2) is 17.2 Å². The van der Waals surface area contributed by atoms with Crippen LogP contribution in [0.1, 0.15) is 81.9 Å². The third-order valence-corrected chi connectivity index (χ3v) is 17.8. The Hall–Kier alpha value is -10.1. The molecule has 0 bridgehead atoms. The van der Waals surface area contributed by atoms with Crippen LogP contribution in [0.2, 0.25) is 0 Å². The van der Waals surface area contributed by atoms with Crippen LogP contribution in [0.5, 0.6) is 5.75 Å². The fourth-order valence-corrected chi connectivity index (χ4v) is 12.3. The van der Waals surface area contributed by atoms with E-state index < -0.39 is 127 Å². The maximum absolute atomic E-state index is 15.8. The van der Waals surface area contributed by atoms with Gasteiger partial charge in [0.05, 0.1) is 166 Å². The highest BCUT2D eigenvalue weighted by atomic mass is 19.1. The third kappa shape index (κ3) is 23.2. The number of carbonyl (C=O) groups is 10. The molecule has 0 fully saturated rings. The number of carbonyl (C=O) groups excluding carboxylic acids is 10. The molecule has 0 radical (unpaired) electrons. The minimum atomic E-state index is -2.08. The molecule has 2 aromatic heterocycles. The summed E-state index contributed by atoms with van der Waals surface area (Å²) in [6.07, 6.45) is 3.34. The van der Waals surface area contributed by atoms with Crippen molar-refractivity contribution in [3.8, 4) is 17.1 Å². The lowest BCUT2D eigenvalue weighted by molar-refractivity contribution is -0.172. The Morgan fingerprint density at radius 1 is 0.633 bits per heavy atom. The molecule has 9 rings (SSSR count). The Balaban J connectivity index is 0.653. The number of nitrogens with zero attached hydrogens (tertiary/aromatic N) is 3. The van der Waals surface area contributed by atoms with E-state index in [-0.39, 0.29) is 101 Å². The summed E-state index contributed by atoms with van der Waals surface area (Å²) in [6.45, 7) is 3.54. The van der Waals surface area contributed by atoms with E-state index >= 15 is 8.78 Å². The van der Waals surface area contributed by atoms with Gasteiger partial charge in [0.25, 0.3) is 23.3 Å². The van der Waals surface area contributed by atoms with Crippen molar-refractivity contribution in [2.24, 2.45) is 0 Å². The van der Waals surface area contributed by atoms with Gasteiger partial charge in [-0.3, -0.25) is 47.9 Å². The van der Waals surface area contributed by atoms with Gasteiger partial charge in [0.1, 0.15) is 31.8 Å². The predicted octanol–water partition coefficient (Wildman–Crippen LogP) is 0.410. The number of nitrogens with one attached hydrogen (secondary N) is 7. The van der Waals surface area contributed by atoms with Crippen LogP contribution in [-0.2, 0) is 135 Å². The van der Waals surface area contributed by atoms with Crippen molar-refractivity contribution in [2.45, 2.75) is 83.2 Å². The number of anilines is 1. The number of hydrogen-bond acceptors (Lipinski definition) is 24. The van der Waals surface area contributed by atoms with Gasteiger partial charge in [-0.05, 0) is 66.5 Å². The average Bonchev–Trinajstić information content (AvgIpc) is 1.56. The molecule has 109 heavy (non-hydrogen) atoms. The number of rotatable bonds is 48. The van der Waals surface area contributed by atoms with Crippen molar-refractivity contribution in [3.05, 3.63) is 133 Å². The van der Waals surface area contributed by atoms with E-state index in [9.17, 15) is 57.8 Å². The van der Waals surface area contributed by atoms with Crippen molar-refractivity contribution >= 4 is 75.7 Å². The van der Waals surface area contributed by atoms with Gasteiger partial charge in [-0.15, -0.1) is 0 Å². The second-order valence-electron chi connectivity index (χ2n) is 25.2. The second-order valence-corrected chi connectivity index (χ2v) is 25.2. The molecular weight excluding hydrogens is 1430 g/mol. The number of aliphatic hydroxyl groups is 1. The number of hydrogen-bond donors (Lipinski definition) is 8. The highest BCUT2D eigenvalue weighted by Crippen LogP contribution is 2.43. The first-order valence-electron chi connectivity index (χ1n) is 35.7. The summed E-state index contributed by atoms with van der Waals surface area (Å²) in [5.41, 5.74) is 1.09. The molecule has 33 nitrogen and oxygen atoms in total. The molecule has 8 N–H and O–H groups in total. The van der Waals surface area contributed by atoms with Crippen molar-refractivity contribution in [2.75, 3.05) is 157 Å². The predicted molar refractivity (Wildman–Crippen MR) is 381 cm³/mol. The Kier molecular flexibility index (Phi) is 32.0. The molecule has 3 aliphatic heterocycles. The van der Waals surface area contributed by atoms with Crippen LogP contribution in [0.4, 0.5) is 14.5 Å². The summed E-state index contributed by atoms with van der Waals surface area (Å²) < 4.78 is 92.3. The first kappa shape index (κ1) is 83.0. The summed E-state index contributed by atoms with van der Waals surface area (Å²) in [6, 6.07) is 12.2. The molecule has 3 aromatic carbocycles. The maximum Gasteiger partial charge on any atom is 0.343 e. The van der Waals surface area contributed by atoms with Crippen LogP contribution in [0.3, 0.4) is 0 Å². The largest absolute Gasteiger partial charge is 0.490 e. The zero-order valence-electron chi connectivity index (χ0n) is 60.6. The summed E-state index contributed by atoms with van der Waals surface area (Å²) in [5, 5.41) is 29.7. The number of methoxy groups -OCH3 is 1. The normalized spacial score (nSPS) is 14.9. The molecule has 1 aliphatic carbocycles. The number of aryl methyl sites for hydroxylation is 1. The summed E-state index contributed by atoms with van der Waals surface area (Å²) in [7, 11) is 1.61. The minimum Gasteiger partial charge on any atom is -0.490 e. The fourth-order valence-electron chi connectivity index (χ4n) is 12.3. The quantitative estimate of drug-likeness (QED) is 0.0111. The zero-order valence-corrected chi connectivity index (χ0v) is 60.6. The first-order chi connectivity index (χ1) is 52.8. The van der Waals surface area contributed by atoms with Crippen molar-refractivity contribution < 1.29 is 114 Å². The van der Waals surface area contributed by atoms with Crippen LogP contribution in [0.15, 0.2) is 71.5 Å². The summed E-state index contributed by atoms with van der Waals surface area (Å²) in [4.78, 5) is 150. The number of fused-ring (bicyclic) bond motifs is 7. The highest BCUT2D eigenvalue weighted by Gasteiger charge is 2.46. The van der Waals surface area contributed by atoms with E-state index in [4.69, 9.17) is 57.1 Å². The Labute approximate surface area is 624 Å². The Bertz CT molecular complexity index is 4170. The van der Waals surface area contributed by atoms with E-state index in [0.29, 0.717) is 148 Å². The number of imide groups is 1. The number of aromatic nitrogens is 2. The van der Waals surface area contributed by atoms with Crippen LogP contribution in [-0.4, -0.2) is 232 Å². The molecule has 4 aliphatic rings.